The molecule has 4 aromatic rings. The predicted octanol–water partition coefficient (Wildman–Crippen LogP) is 5.84. The van der Waals surface area contributed by atoms with Crippen molar-refractivity contribution in [1.29, 1.82) is 0 Å². The van der Waals surface area contributed by atoms with E-state index in [2.05, 4.69) is 20.6 Å². The van der Waals surface area contributed by atoms with Crippen molar-refractivity contribution in [3.63, 3.8) is 0 Å². The molecular weight excluding hydrogens is 495 g/mol. The number of likely N-dealkylation sites (N-methyl/N-ethyl adjacent to an activating group) is 1. The number of pyridine rings is 2. The lowest BCUT2D eigenvalue weighted by atomic mass is 9.98. The molecule has 0 saturated heterocycles. The maximum absolute atomic E-state index is 14.5. The van der Waals surface area contributed by atoms with Crippen molar-refractivity contribution in [3.8, 4) is 17.0 Å². The fourth-order valence-electron chi connectivity index (χ4n) is 4.06. The van der Waals surface area contributed by atoms with E-state index in [4.69, 9.17) is 16.3 Å². The quantitative estimate of drug-likeness (QED) is 0.155. The molecule has 0 bridgehead atoms. The summed E-state index contributed by atoms with van der Waals surface area (Å²) >= 11 is 6.14. The first-order valence-electron chi connectivity index (χ1n) is 11.9. The molecule has 0 unspecified atom stereocenters. The Morgan fingerprint density at radius 2 is 1.97 bits per heavy atom. The molecule has 0 amide bonds. The lowest BCUT2D eigenvalue weighted by Gasteiger charge is -2.16. The van der Waals surface area contributed by atoms with Crippen LogP contribution >= 0.6 is 11.6 Å². The normalized spacial score (nSPS) is 12.9. The molecule has 2 aromatic carbocycles. The Balaban J connectivity index is 1.57. The number of Topliss-reactive ketones (excluding diaryl/α,β-unsaturated/α-hetero) is 1. The number of fused-ring (bicyclic) bond motifs is 1. The first-order valence-corrected chi connectivity index (χ1v) is 12.3. The van der Waals surface area contributed by atoms with Gasteiger partial charge in [-0.1, -0.05) is 17.7 Å². The molecule has 37 heavy (non-hydrogen) atoms. The molecule has 2 heterocycles. The SMILES string of the molecule is CNCCOc1ccc(Nc2c(C(=O)C3CC3)cnc3ccc(-c4cc(F)c(C=O)c(Cl)c4)cc23)cn1. The van der Waals surface area contributed by atoms with Crippen LogP contribution in [0.5, 0.6) is 5.88 Å². The Hall–Kier alpha value is -3.88. The fourth-order valence-corrected chi connectivity index (χ4v) is 4.32. The first-order chi connectivity index (χ1) is 18.0. The average molecular weight is 519 g/mol. The van der Waals surface area contributed by atoms with E-state index in [1.54, 1.807) is 36.7 Å². The highest BCUT2D eigenvalue weighted by molar-refractivity contribution is 6.33. The Kier molecular flexibility index (Phi) is 7.12. The van der Waals surface area contributed by atoms with Crippen molar-refractivity contribution in [2.45, 2.75) is 12.8 Å². The topological polar surface area (TPSA) is 93.2 Å². The molecule has 9 heteroatoms. The fraction of sp³-hybridized carbons (Fsp3) is 0.214. The highest BCUT2D eigenvalue weighted by Crippen LogP contribution is 2.39. The first kappa shape index (κ1) is 24.8. The van der Waals surface area contributed by atoms with Gasteiger partial charge in [0.1, 0.15) is 12.4 Å². The number of aldehydes is 1. The van der Waals surface area contributed by atoms with Crippen molar-refractivity contribution in [3.05, 3.63) is 76.8 Å². The van der Waals surface area contributed by atoms with Gasteiger partial charge in [-0.3, -0.25) is 14.6 Å². The van der Waals surface area contributed by atoms with Crippen LogP contribution < -0.4 is 15.4 Å². The van der Waals surface area contributed by atoms with Gasteiger partial charge in [-0.15, -0.1) is 0 Å². The summed E-state index contributed by atoms with van der Waals surface area (Å²) in [6, 6.07) is 11.8. The van der Waals surface area contributed by atoms with Crippen LogP contribution in [0.1, 0.15) is 33.6 Å². The summed E-state index contributed by atoms with van der Waals surface area (Å²) in [5.74, 6) is -0.177. The third-order valence-corrected chi connectivity index (χ3v) is 6.53. The standard InChI is InChI=1S/C28H24ClFN4O3/c1-31-8-9-37-26-7-5-19(13-33-26)34-27-20-10-17(18-11-23(29)22(15-35)24(30)12-18)4-6-25(20)32-14-21(27)28(36)16-2-3-16/h4-7,10-16,31H,2-3,8-9H2,1H3,(H,32,34). The molecule has 0 spiro atoms. The minimum absolute atomic E-state index is 0.00662. The number of nitrogens with one attached hydrogen (secondary N) is 2. The van der Waals surface area contributed by atoms with Gasteiger partial charge in [0.05, 0.1) is 39.2 Å². The van der Waals surface area contributed by atoms with Crippen LogP contribution in [0.25, 0.3) is 22.0 Å². The molecule has 2 N–H and O–H groups in total. The van der Waals surface area contributed by atoms with Crippen molar-refractivity contribution in [1.82, 2.24) is 15.3 Å². The third-order valence-electron chi connectivity index (χ3n) is 6.22. The van der Waals surface area contributed by atoms with E-state index in [9.17, 15) is 14.0 Å². The lowest BCUT2D eigenvalue weighted by Crippen LogP contribution is -2.16. The molecule has 0 radical (unpaired) electrons. The maximum atomic E-state index is 14.5. The number of ketones is 1. The number of benzene rings is 2. The van der Waals surface area contributed by atoms with E-state index < -0.39 is 5.82 Å². The molecule has 1 fully saturated rings. The van der Waals surface area contributed by atoms with Crippen molar-refractivity contribution >= 4 is 45.9 Å². The molecule has 1 aliphatic carbocycles. The summed E-state index contributed by atoms with van der Waals surface area (Å²) in [6.07, 6.45) is 5.36. The summed E-state index contributed by atoms with van der Waals surface area (Å²) in [6.45, 7) is 1.19. The van der Waals surface area contributed by atoms with Crippen LogP contribution in [-0.2, 0) is 0 Å². The Morgan fingerprint density at radius 3 is 2.65 bits per heavy atom. The number of rotatable bonds is 10. The van der Waals surface area contributed by atoms with Gasteiger partial charge in [0.25, 0.3) is 0 Å². The molecule has 188 valence electrons. The number of halogens is 2. The minimum atomic E-state index is -0.699. The average Bonchev–Trinajstić information content (AvgIpc) is 3.75. The van der Waals surface area contributed by atoms with Gasteiger partial charge in [-0.2, -0.15) is 0 Å². The number of hydrogen-bond donors (Lipinski definition) is 2. The largest absolute Gasteiger partial charge is 0.476 e. The Labute approximate surface area is 218 Å². The van der Waals surface area contributed by atoms with E-state index in [0.717, 1.165) is 12.8 Å². The molecule has 5 rings (SSSR count). The number of ether oxygens (including phenoxy) is 1. The second-order valence-electron chi connectivity index (χ2n) is 8.85. The van der Waals surface area contributed by atoms with Crippen molar-refractivity contribution in [2.75, 3.05) is 25.5 Å². The highest BCUT2D eigenvalue weighted by atomic mass is 35.5. The Morgan fingerprint density at radius 1 is 1.14 bits per heavy atom. The summed E-state index contributed by atoms with van der Waals surface area (Å²) < 4.78 is 20.1. The van der Waals surface area contributed by atoms with Crippen molar-refractivity contribution < 1.29 is 18.7 Å². The minimum Gasteiger partial charge on any atom is -0.476 e. The van der Waals surface area contributed by atoms with Gasteiger partial charge in [-0.25, -0.2) is 9.37 Å². The molecule has 2 aromatic heterocycles. The Bertz CT molecular complexity index is 1470. The predicted molar refractivity (Wildman–Crippen MR) is 142 cm³/mol. The molecule has 0 aliphatic heterocycles. The lowest BCUT2D eigenvalue weighted by molar-refractivity contribution is 0.0968. The van der Waals surface area contributed by atoms with E-state index in [-0.39, 0.29) is 22.3 Å². The monoisotopic (exact) mass is 518 g/mol. The second-order valence-corrected chi connectivity index (χ2v) is 9.26. The van der Waals surface area contributed by atoms with Gasteiger partial charge >= 0.3 is 0 Å². The molecule has 0 atom stereocenters. The van der Waals surface area contributed by atoms with Crippen LogP contribution in [-0.4, -0.2) is 42.2 Å². The molecular formula is C28H24ClFN4O3. The van der Waals surface area contributed by atoms with E-state index in [1.165, 1.54) is 6.07 Å². The highest BCUT2D eigenvalue weighted by Gasteiger charge is 2.32. The molecule has 1 aliphatic rings. The summed E-state index contributed by atoms with van der Waals surface area (Å²) in [5, 5.41) is 7.09. The zero-order valence-electron chi connectivity index (χ0n) is 20.1. The van der Waals surface area contributed by atoms with E-state index in [0.29, 0.717) is 64.3 Å². The third kappa shape index (κ3) is 5.30. The molecule has 7 nitrogen and oxygen atoms in total. The van der Waals surface area contributed by atoms with Crippen LogP contribution in [0.4, 0.5) is 15.8 Å². The zero-order valence-corrected chi connectivity index (χ0v) is 20.8. The number of nitrogens with zero attached hydrogens (tertiary/aromatic N) is 2. The van der Waals surface area contributed by atoms with Gasteiger partial charge in [0.2, 0.25) is 5.88 Å². The summed E-state index contributed by atoms with van der Waals surface area (Å²) in [7, 11) is 1.85. The number of carbonyl (C=O) groups is 2. The van der Waals surface area contributed by atoms with Crippen LogP contribution in [0.2, 0.25) is 5.02 Å². The van der Waals surface area contributed by atoms with Gasteiger partial charge < -0.3 is 15.4 Å². The summed E-state index contributed by atoms with van der Waals surface area (Å²) in [5.41, 5.74) is 3.41. The number of aromatic nitrogens is 2. The number of hydrogen-bond acceptors (Lipinski definition) is 7. The van der Waals surface area contributed by atoms with E-state index in [1.807, 2.05) is 19.2 Å². The van der Waals surface area contributed by atoms with E-state index >= 15 is 0 Å². The zero-order chi connectivity index (χ0) is 25.9. The van der Waals surface area contributed by atoms with Gasteiger partial charge in [-0.05, 0) is 61.3 Å². The maximum Gasteiger partial charge on any atom is 0.213 e. The summed E-state index contributed by atoms with van der Waals surface area (Å²) in [4.78, 5) is 33.2. The van der Waals surface area contributed by atoms with Crippen LogP contribution in [0, 0.1) is 11.7 Å². The van der Waals surface area contributed by atoms with Crippen LogP contribution in [0.3, 0.4) is 0 Å². The molecule has 1 saturated carbocycles. The van der Waals surface area contributed by atoms with Crippen molar-refractivity contribution in [2.24, 2.45) is 5.92 Å². The second kappa shape index (κ2) is 10.6. The number of anilines is 2. The van der Waals surface area contributed by atoms with Crippen LogP contribution in [0.15, 0.2) is 54.9 Å². The smallest absolute Gasteiger partial charge is 0.213 e. The van der Waals surface area contributed by atoms with Gasteiger partial charge in [0.15, 0.2) is 12.1 Å². The van der Waals surface area contributed by atoms with Gasteiger partial charge in [0, 0.05) is 30.1 Å². The number of carbonyl (C=O) groups excluding carboxylic acids is 2.